The van der Waals surface area contributed by atoms with Crippen molar-refractivity contribution in [2.45, 2.75) is 57.7 Å². The van der Waals surface area contributed by atoms with Crippen LogP contribution in [-0.4, -0.2) is 21.7 Å². The molecule has 9 heteroatoms. The molecule has 1 atom stereocenters. The van der Waals surface area contributed by atoms with Crippen LogP contribution in [0.3, 0.4) is 0 Å². The van der Waals surface area contributed by atoms with Crippen molar-refractivity contribution in [3.63, 3.8) is 0 Å². The molecule has 0 radical (unpaired) electrons. The highest BCUT2D eigenvalue weighted by Gasteiger charge is 2.46. The lowest BCUT2D eigenvalue weighted by atomic mass is 9.68. The molecule has 0 amide bonds. The van der Waals surface area contributed by atoms with Gasteiger partial charge in [0, 0.05) is 27.4 Å². The normalized spacial score (nSPS) is 20.8. The highest BCUT2D eigenvalue weighted by Crippen LogP contribution is 2.51. The molecule has 0 fully saturated rings. The first-order valence-corrected chi connectivity index (χ1v) is 12.8. The van der Waals surface area contributed by atoms with Gasteiger partial charge in [-0.05, 0) is 43.1 Å². The van der Waals surface area contributed by atoms with E-state index in [1.165, 1.54) is 11.3 Å². The van der Waals surface area contributed by atoms with Crippen molar-refractivity contribution in [2.75, 3.05) is 10.7 Å². The molecule has 162 valence electrons. The van der Waals surface area contributed by atoms with Crippen LogP contribution in [0.15, 0.2) is 33.1 Å². The number of hydrogen-bond acceptors (Lipinski definition) is 9. The fraction of sp³-hybridized carbons (Fsp3) is 0.455. The molecular weight excluding hydrogens is 446 g/mol. The van der Waals surface area contributed by atoms with Gasteiger partial charge in [-0.1, -0.05) is 43.9 Å². The summed E-state index contributed by atoms with van der Waals surface area (Å²) in [5.41, 5.74) is 9.40. The number of aromatic nitrogens is 2. The van der Waals surface area contributed by atoms with E-state index in [2.05, 4.69) is 43.1 Å². The molecule has 0 saturated heterocycles. The van der Waals surface area contributed by atoms with Crippen molar-refractivity contribution >= 4 is 45.4 Å². The minimum absolute atomic E-state index is 0.0809. The number of thiophene rings is 1. The number of allylic oxidation sites excluding steroid dienone is 3. The lowest BCUT2D eigenvalue weighted by Gasteiger charge is -2.42. The number of ketones is 1. The number of Topliss-reactive ketones (excluding diaryl/α,β-unsaturated/α-hetero) is 1. The molecule has 6 nitrogen and oxygen atoms in total. The van der Waals surface area contributed by atoms with E-state index in [1.54, 1.807) is 23.1 Å². The smallest absolute Gasteiger partial charge is 0.219 e. The van der Waals surface area contributed by atoms with Crippen LogP contribution in [0.2, 0.25) is 0 Å². The van der Waals surface area contributed by atoms with E-state index in [9.17, 15) is 10.1 Å². The van der Waals surface area contributed by atoms with Gasteiger partial charge in [0.25, 0.3) is 0 Å². The summed E-state index contributed by atoms with van der Waals surface area (Å²) in [5.74, 6) is 0.894. The van der Waals surface area contributed by atoms with Crippen LogP contribution in [0, 0.1) is 30.6 Å². The van der Waals surface area contributed by atoms with Gasteiger partial charge in [-0.25, -0.2) is 0 Å². The average molecular weight is 472 g/mol. The minimum Gasteiger partial charge on any atom is -0.384 e. The van der Waals surface area contributed by atoms with Crippen LogP contribution in [0.1, 0.15) is 54.8 Å². The van der Waals surface area contributed by atoms with E-state index >= 15 is 0 Å². The van der Waals surface area contributed by atoms with Crippen molar-refractivity contribution in [3.05, 3.63) is 44.0 Å². The number of nitriles is 1. The third kappa shape index (κ3) is 3.81. The van der Waals surface area contributed by atoms with E-state index in [1.807, 2.05) is 18.7 Å². The second-order valence-electron chi connectivity index (χ2n) is 8.63. The number of carbonyl (C=O) groups is 1. The first-order chi connectivity index (χ1) is 14.7. The summed E-state index contributed by atoms with van der Waals surface area (Å²) in [6, 6.07) is 4.41. The van der Waals surface area contributed by atoms with Crippen LogP contribution >= 0.6 is 34.4 Å². The van der Waals surface area contributed by atoms with Crippen LogP contribution in [0.5, 0.6) is 0 Å². The number of thioether (sulfide) groups is 1. The first-order valence-electron chi connectivity index (χ1n) is 10.2. The van der Waals surface area contributed by atoms with Gasteiger partial charge in [-0.2, -0.15) is 5.26 Å². The second-order valence-corrected chi connectivity index (χ2v) is 12.6. The third-order valence-corrected chi connectivity index (χ3v) is 8.53. The van der Waals surface area contributed by atoms with Gasteiger partial charge < -0.3 is 5.73 Å². The number of rotatable bonds is 4. The quantitative estimate of drug-likeness (QED) is 0.607. The Labute approximate surface area is 194 Å². The Morgan fingerprint density at radius 2 is 2.06 bits per heavy atom. The number of anilines is 1. The van der Waals surface area contributed by atoms with Crippen LogP contribution in [0.4, 0.5) is 5.13 Å². The standard InChI is InChI=1S/C22H25N5OS3/c1-6-29-21-26-25-20(31-21)27-15-8-22(4,5)9-16(28)18(15)17(14(10-23)19(27)24)13-7-11(2)30-12(13)3/h7,17H,6,8-9,24H2,1-5H3. The molecule has 2 aromatic rings. The monoisotopic (exact) mass is 471 g/mol. The molecule has 4 rings (SSSR count). The summed E-state index contributed by atoms with van der Waals surface area (Å²) in [7, 11) is 0. The molecule has 2 N–H and O–H groups in total. The van der Waals surface area contributed by atoms with Gasteiger partial charge in [-0.3, -0.25) is 9.69 Å². The maximum absolute atomic E-state index is 13.5. The first kappa shape index (κ1) is 22.1. The van der Waals surface area contributed by atoms with E-state index in [0.29, 0.717) is 34.9 Å². The fourth-order valence-corrected chi connectivity index (χ4v) is 7.19. The topological polar surface area (TPSA) is 95.9 Å². The fourth-order valence-electron chi connectivity index (χ4n) is 4.45. The number of nitrogens with two attached hydrogens (primary N) is 1. The maximum Gasteiger partial charge on any atom is 0.219 e. The molecular formula is C22H25N5OS3. The van der Waals surface area contributed by atoms with Crippen molar-refractivity contribution < 1.29 is 4.79 Å². The number of aryl methyl sites for hydroxylation is 2. The molecule has 2 aromatic heterocycles. The average Bonchev–Trinajstić information content (AvgIpc) is 3.25. The highest BCUT2D eigenvalue weighted by molar-refractivity contribution is 8.01. The Morgan fingerprint density at radius 3 is 2.68 bits per heavy atom. The van der Waals surface area contributed by atoms with Crippen molar-refractivity contribution in [3.8, 4) is 6.07 Å². The van der Waals surface area contributed by atoms with Crippen LogP contribution in [-0.2, 0) is 4.79 Å². The Balaban J connectivity index is 1.97. The molecule has 1 aliphatic heterocycles. The van der Waals surface area contributed by atoms with Gasteiger partial charge in [0.2, 0.25) is 5.13 Å². The van der Waals surface area contributed by atoms with Crippen molar-refractivity contribution in [2.24, 2.45) is 11.1 Å². The Hall–Kier alpha value is -2.15. The Kier molecular flexibility index (Phi) is 5.75. The second kappa shape index (κ2) is 8.08. The summed E-state index contributed by atoms with van der Waals surface area (Å²) >= 11 is 4.74. The zero-order valence-electron chi connectivity index (χ0n) is 18.3. The SMILES string of the molecule is CCSc1nnc(N2C(N)=C(C#N)C(c3cc(C)sc3C)C3=C2CC(C)(C)CC3=O)s1. The van der Waals surface area contributed by atoms with E-state index < -0.39 is 5.92 Å². The number of hydrogen-bond donors (Lipinski definition) is 1. The summed E-state index contributed by atoms with van der Waals surface area (Å²) in [5, 5.41) is 19.4. The summed E-state index contributed by atoms with van der Waals surface area (Å²) in [6.07, 6.45) is 1.13. The van der Waals surface area contributed by atoms with Crippen molar-refractivity contribution in [1.29, 1.82) is 5.26 Å². The zero-order valence-corrected chi connectivity index (χ0v) is 20.7. The molecule has 1 unspecified atom stereocenters. The largest absolute Gasteiger partial charge is 0.384 e. The maximum atomic E-state index is 13.5. The summed E-state index contributed by atoms with van der Waals surface area (Å²) < 4.78 is 0.846. The highest BCUT2D eigenvalue weighted by atomic mass is 32.2. The van der Waals surface area contributed by atoms with Gasteiger partial charge >= 0.3 is 0 Å². The van der Waals surface area contributed by atoms with Crippen LogP contribution in [0.25, 0.3) is 0 Å². The molecule has 0 saturated carbocycles. The predicted octanol–water partition coefficient (Wildman–Crippen LogP) is 5.27. The lowest BCUT2D eigenvalue weighted by molar-refractivity contribution is -0.118. The Morgan fingerprint density at radius 1 is 1.32 bits per heavy atom. The predicted molar refractivity (Wildman–Crippen MR) is 127 cm³/mol. The molecule has 2 aliphatic rings. The van der Waals surface area contributed by atoms with Gasteiger partial charge in [0.1, 0.15) is 5.82 Å². The van der Waals surface area contributed by atoms with Gasteiger partial charge in [-0.15, -0.1) is 21.5 Å². The van der Waals surface area contributed by atoms with E-state index in [-0.39, 0.29) is 11.2 Å². The summed E-state index contributed by atoms with van der Waals surface area (Å²) in [6.45, 7) is 10.3. The molecule has 3 heterocycles. The van der Waals surface area contributed by atoms with Crippen molar-refractivity contribution in [1.82, 2.24) is 10.2 Å². The Bertz CT molecular complexity index is 1160. The van der Waals surface area contributed by atoms with E-state index in [4.69, 9.17) is 5.73 Å². The molecule has 31 heavy (non-hydrogen) atoms. The van der Waals surface area contributed by atoms with Gasteiger partial charge in [0.15, 0.2) is 10.1 Å². The molecule has 0 bridgehead atoms. The molecule has 0 spiro atoms. The third-order valence-electron chi connectivity index (χ3n) is 5.63. The van der Waals surface area contributed by atoms with Crippen LogP contribution < -0.4 is 10.6 Å². The number of carbonyl (C=O) groups excluding carboxylic acids is 1. The molecule has 0 aromatic carbocycles. The van der Waals surface area contributed by atoms with Gasteiger partial charge in [0.05, 0.1) is 17.6 Å². The number of nitrogens with zero attached hydrogens (tertiary/aromatic N) is 4. The minimum atomic E-state index is -0.429. The summed E-state index contributed by atoms with van der Waals surface area (Å²) in [4.78, 5) is 17.6. The molecule has 1 aliphatic carbocycles. The zero-order chi connectivity index (χ0) is 22.5. The van der Waals surface area contributed by atoms with E-state index in [0.717, 1.165) is 31.1 Å². The lowest BCUT2D eigenvalue weighted by Crippen LogP contribution is -2.42.